The summed E-state index contributed by atoms with van der Waals surface area (Å²) in [7, 11) is 0. The van der Waals surface area contributed by atoms with E-state index in [-0.39, 0.29) is 24.4 Å². The molecule has 0 aromatic carbocycles. The van der Waals surface area contributed by atoms with Crippen LogP contribution in [0.2, 0.25) is 0 Å². The largest absolute Gasteiger partial charge is 0.378 e. The highest BCUT2D eigenvalue weighted by Crippen LogP contribution is 2.48. The third-order valence-corrected chi connectivity index (χ3v) is 7.06. The molecule has 4 nitrogen and oxygen atoms in total. The summed E-state index contributed by atoms with van der Waals surface area (Å²) >= 11 is 0. The second-order valence-electron chi connectivity index (χ2n) is 8.44. The quantitative estimate of drug-likeness (QED) is 0.842. The molecule has 0 aromatic heterocycles. The summed E-state index contributed by atoms with van der Waals surface area (Å²) in [6, 6.07) is 0.123. The normalized spacial score (nSPS) is 37.0. The predicted octanol–water partition coefficient (Wildman–Crippen LogP) is 2.98. The predicted molar refractivity (Wildman–Crippen MR) is 97.1 cm³/mol. The lowest BCUT2D eigenvalue weighted by Gasteiger charge is -2.37. The van der Waals surface area contributed by atoms with Crippen molar-refractivity contribution in [2.75, 3.05) is 19.7 Å². The van der Waals surface area contributed by atoms with Crippen molar-refractivity contribution in [3.63, 3.8) is 0 Å². The van der Waals surface area contributed by atoms with Crippen molar-refractivity contribution in [3.8, 4) is 0 Å². The van der Waals surface area contributed by atoms with Gasteiger partial charge >= 0.3 is 0 Å². The average molecular weight is 357 g/mol. The van der Waals surface area contributed by atoms with Gasteiger partial charge in [0.2, 0.25) is 5.91 Å². The van der Waals surface area contributed by atoms with Crippen molar-refractivity contribution in [1.29, 1.82) is 0 Å². The smallest absolute Gasteiger partial charge is 0.227 e. The molecule has 4 atom stereocenters. The number of likely N-dealkylation sites (tertiary alicyclic amines) is 1. The van der Waals surface area contributed by atoms with Gasteiger partial charge in [0.25, 0.3) is 0 Å². The molecule has 0 radical (unpaired) electrons. The Kier molecular flexibility index (Phi) is 6.10. The number of hydrogen-bond donors (Lipinski definition) is 1. The number of nitrogens with zero attached hydrogens (tertiary/aromatic N) is 1. The summed E-state index contributed by atoms with van der Waals surface area (Å²) in [4.78, 5) is 15.0. The van der Waals surface area contributed by atoms with Gasteiger partial charge in [0.15, 0.2) is 0 Å². The SMILES string of the molecule is Cl.NC1C2CCC(C2)C1C(=O)N1CCC(OCC2CCCC2)CC1. The van der Waals surface area contributed by atoms with Crippen molar-refractivity contribution < 1.29 is 9.53 Å². The topological polar surface area (TPSA) is 55.6 Å². The second kappa shape index (κ2) is 7.92. The number of halogens is 1. The molecule has 4 fully saturated rings. The standard InChI is InChI=1S/C19H32N2O2.ClH/c20-18-15-6-5-14(11-15)17(18)19(22)21-9-7-16(8-10-21)23-12-13-3-1-2-4-13;/h13-18H,1-12,20H2;1H. The van der Waals surface area contributed by atoms with Crippen LogP contribution in [0.25, 0.3) is 0 Å². The van der Waals surface area contributed by atoms with Gasteiger partial charge in [-0.05, 0) is 62.7 Å². The molecule has 2 bridgehead atoms. The van der Waals surface area contributed by atoms with E-state index < -0.39 is 0 Å². The zero-order chi connectivity index (χ0) is 15.8. The maximum Gasteiger partial charge on any atom is 0.227 e. The highest BCUT2D eigenvalue weighted by Gasteiger charge is 2.50. The van der Waals surface area contributed by atoms with E-state index in [1.165, 1.54) is 44.9 Å². The van der Waals surface area contributed by atoms with Crippen molar-refractivity contribution in [2.24, 2.45) is 29.4 Å². The molecule has 0 aromatic rings. The van der Waals surface area contributed by atoms with Crippen molar-refractivity contribution in [3.05, 3.63) is 0 Å². The van der Waals surface area contributed by atoms with Crippen LogP contribution >= 0.6 is 12.4 Å². The van der Waals surface area contributed by atoms with E-state index in [0.29, 0.717) is 23.8 Å². The van der Waals surface area contributed by atoms with Crippen LogP contribution in [0.1, 0.15) is 57.8 Å². The van der Waals surface area contributed by atoms with E-state index in [1.807, 2.05) is 0 Å². The van der Waals surface area contributed by atoms with E-state index in [1.54, 1.807) is 0 Å². The molecule has 1 aliphatic heterocycles. The Bertz CT molecular complexity index is 431. The molecule has 4 rings (SSSR count). The Hall–Kier alpha value is -0.320. The van der Waals surface area contributed by atoms with E-state index >= 15 is 0 Å². The summed E-state index contributed by atoms with van der Waals surface area (Å²) in [5.41, 5.74) is 6.34. The molecular weight excluding hydrogens is 324 g/mol. The molecule has 4 unspecified atom stereocenters. The molecule has 1 amide bonds. The number of nitrogens with two attached hydrogens (primary N) is 1. The molecular formula is C19H33ClN2O2. The van der Waals surface area contributed by atoms with E-state index in [9.17, 15) is 4.79 Å². The zero-order valence-electron chi connectivity index (χ0n) is 14.7. The van der Waals surface area contributed by atoms with Crippen LogP contribution in [0.4, 0.5) is 0 Å². The lowest BCUT2D eigenvalue weighted by molar-refractivity contribution is -0.140. The molecule has 2 N–H and O–H groups in total. The molecule has 1 heterocycles. The van der Waals surface area contributed by atoms with Crippen LogP contribution in [0.3, 0.4) is 0 Å². The number of carbonyl (C=O) groups excluding carboxylic acids is 1. The number of fused-ring (bicyclic) bond motifs is 2. The fourth-order valence-corrected chi connectivity index (χ4v) is 5.61. The monoisotopic (exact) mass is 356 g/mol. The fraction of sp³-hybridized carbons (Fsp3) is 0.947. The van der Waals surface area contributed by atoms with E-state index in [4.69, 9.17) is 10.5 Å². The first kappa shape index (κ1) is 18.5. The maximum atomic E-state index is 12.9. The Balaban J connectivity index is 0.00000169. The molecule has 3 aliphatic carbocycles. The molecule has 4 aliphatic rings. The molecule has 24 heavy (non-hydrogen) atoms. The van der Waals surface area contributed by atoms with Crippen LogP contribution in [0.5, 0.6) is 0 Å². The molecule has 0 spiro atoms. The first-order chi connectivity index (χ1) is 11.2. The van der Waals surface area contributed by atoms with Gasteiger partial charge in [-0.1, -0.05) is 12.8 Å². The lowest BCUT2D eigenvalue weighted by Crippen LogP contribution is -2.50. The molecule has 1 saturated heterocycles. The summed E-state index contributed by atoms with van der Waals surface area (Å²) < 4.78 is 6.13. The highest BCUT2D eigenvalue weighted by molar-refractivity contribution is 5.85. The van der Waals surface area contributed by atoms with Crippen LogP contribution in [0.15, 0.2) is 0 Å². The van der Waals surface area contributed by atoms with Crippen molar-refractivity contribution >= 4 is 18.3 Å². The van der Waals surface area contributed by atoms with Gasteiger partial charge in [-0.3, -0.25) is 4.79 Å². The van der Waals surface area contributed by atoms with Gasteiger partial charge in [-0.2, -0.15) is 0 Å². The Morgan fingerprint density at radius 3 is 2.29 bits per heavy atom. The number of ether oxygens (including phenoxy) is 1. The lowest BCUT2D eigenvalue weighted by atomic mass is 9.83. The Morgan fingerprint density at radius 1 is 1.00 bits per heavy atom. The first-order valence-corrected chi connectivity index (χ1v) is 9.88. The maximum absolute atomic E-state index is 12.9. The van der Waals surface area contributed by atoms with Crippen molar-refractivity contribution in [1.82, 2.24) is 4.90 Å². The van der Waals surface area contributed by atoms with E-state index in [2.05, 4.69) is 4.90 Å². The van der Waals surface area contributed by atoms with E-state index in [0.717, 1.165) is 38.5 Å². The van der Waals surface area contributed by atoms with Gasteiger partial charge in [-0.15, -0.1) is 12.4 Å². The van der Waals surface area contributed by atoms with Gasteiger partial charge in [-0.25, -0.2) is 0 Å². The third kappa shape index (κ3) is 3.61. The summed E-state index contributed by atoms with van der Waals surface area (Å²) in [6.07, 6.45) is 11.5. The highest BCUT2D eigenvalue weighted by atomic mass is 35.5. The number of carbonyl (C=O) groups is 1. The van der Waals surface area contributed by atoms with Crippen LogP contribution in [-0.4, -0.2) is 42.6 Å². The number of piperidine rings is 1. The second-order valence-corrected chi connectivity index (χ2v) is 8.44. The Labute approximate surface area is 152 Å². The van der Waals surface area contributed by atoms with Crippen molar-refractivity contribution in [2.45, 2.75) is 69.9 Å². The Morgan fingerprint density at radius 2 is 1.67 bits per heavy atom. The minimum Gasteiger partial charge on any atom is -0.378 e. The molecule has 3 saturated carbocycles. The summed E-state index contributed by atoms with van der Waals surface area (Å²) in [5, 5.41) is 0. The minimum atomic E-state index is 0. The van der Waals surface area contributed by atoms with Crippen LogP contribution < -0.4 is 5.73 Å². The summed E-state index contributed by atoms with van der Waals surface area (Å²) in [6.45, 7) is 2.68. The first-order valence-electron chi connectivity index (χ1n) is 9.88. The van der Waals surface area contributed by atoms with Gasteiger partial charge in [0.05, 0.1) is 12.0 Å². The minimum absolute atomic E-state index is 0. The van der Waals surface area contributed by atoms with Crippen LogP contribution in [0, 0.1) is 23.7 Å². The molecule has 5 heteroatoms. The summed E-state index contributed by atoms with van der Waals surface area (Å²) in [5.74, 6) is 2.44. The third-order valence-electron chi connectivity index (χ3n) is 7.06. The zero-order valence-corrected chi connectivity index (χ0v) is 15.5. The number of rotatable bonds is 4. The number of amides is 1. The van der Waals surface area contributed by atoms with Crippen LogP contribution in [-0.2, 0) is 9.53 Å². The molecule has 138 valence electrons. The van der Waals surface area contributed by atoms with Gasteiger partial charge in [0.1, 0.15) is 0 Å². The van der Waals surface area contributed by atoms with Gasteiger partial charge in [0, 0.05) is 25.7 Å². The number of hydrogen-bond acceptors (Lipinski definition) is 3. The fourth-order valence-electron chi connectivity index (χ4n) is 5.61. The average Bonchev–Trinajstić information content (AvgIpc) is 3.30. The van der Waals surface area contributed by atoms with Gasteiger partial charge < -0.3 is 15.4 Å².